The SMILES string of the molecule is N#[N+]/C=C(\O)O[C@H]1CCN(C(=O)OCc2ccccc2)C1. The van der Waals surface area contributed by atoms with Crippen molar-refractivity contribution in [2.45, 2.75) is 19.1 Å². The minimum Gasteiger partial charge on any atom is -0.476 e. The van der Waals surface area contributed by atoms with Crippen molar-refractivity contribution >= 4 is 6.09 Å². The van der Waals surface area contributed by atoms with Crippen molar-refractivity contribution in [3.63, 3.8) is 0 Å². The lowest BCUT2D eigenvalue weighted by Crippen LogP contribution is -2.30. The van der Waals surface area contributed by atoms with Crippen LogP contribution in [0.3, 0.4) is 0 Å². The minimum absolute atomic E-state index is 0.218. The van der Waals surface area contributed by atoms with E-state index in [4.69, 9.17) is 14.9 Å². The van der Waals surface area contributed by atoms with Crippen molar-refractivity contribution < 1.29 is 19.4 Å². The quantitative estimate of drug-likeness (QED) is 0.680. The van der Waals surface area contributed by atoms with Gasteiger partial charge in [0.05, 0.1) is 6.54 Å². The van der Waals surface area contributed by atoms with Crippen LogP contribution in [0.25, 0.3) is 4.98 Å². The van der Waals surface area contributed by atoms with Gasteiger partial charge in [-0.25, -0.2) is 4.79 Å². The number of likely N-dealkylation sites (tertiary alicyclic amines) is 1. The summed E-state index contributed by atoms with van der Waals surface area (Å²) in [4.78, 5) is 16.1. The van der Waals surface area contributed by atoms with E-state index in [0.717, 1.165) is 11.8 Å². The summed E-state index contributed by atoms with van der Waals surface area (Å²) in [5.74, 6) is -0.484. The second-order valence-electron chi connectivity index (χ2n) is 4.60. The van der Waals surface area contributed by atoms with Crippen molar-refractivity contribution in [1.82, 2.24) is 4.90 Å². The van der Waals surface area contributed by atoms with Gasteiger partial charge in [-0.15, -0.1) is 0 Å². The first-order chi connectivity index (χ1) is 10.2. The average Bonchev–Trinajstić information content (AvgIpc) is 2.94. The summed E-state index contributed by atoms with van der Waals surface area (Å²) >= 11 is 0. The number of benzene rings is 1. The molecule has 110 valence electrons. The molecule has 0 aromatic heterocycles. The molecular weight excluding hydrogens is 274 g/mol. The number of diazo groups is 1. The zero-order chi connectivity index (χ0) is 15.1. The van der Waals surface area contributed by atoms with E-state index in [9.17, 15) is 9.90 Å². The Morgan fingerprint density at radius 2 is 2.24 bits per heavy atom. The highest BCUT2D eigenvalue weighted by Crippen LogP contribution is 2.16. The van der Waals surface area contributed by atoms with Crippen molar-refractivity contribution in [3.8, 4) is 0 Å². The highest BCUT2D eigenvalue weighted by molar-refractivity contribution is 5.68. The van der Waals surface area contributed by atoms with Gasteiger partial charge in [-0.2, -0.15) is 0 Å². The van der Waals surface area contributed by atoms with E-state index in [1.807, 2.05) is 30.3 Å². The fraction of sp³-hybridized carbons (Fsp3) is 0.357. The number of carbonyl (C=O) groups excluding carboxylic acids is 1. The van der Waals surface area contributed by atoms with Gasteiger partial charge in [-0.1, -0.05) is 30.3 Å². The highest BCUT2D eigenvalue weighted by Gasteiger charge is 2.29. The first-order valence-electron chi connectivity index (χ1n) is 6.54. The Morgan fingerprint density at radius 3 is 2.95 bits per heavy atom. The smallest absolute Gasteiger partial charge is 0.429 e. The van der Waals surface area contributed by atoms with Crippen molar-refractivity contribution in [1.29, 1.82) is 5.39 Å². The molecular formula is C14H16N3O4+. The lowest BCUT2D eigenvalue weighted by Gasteiger charge is -2.16. The number of rotatable bonds is 4. The third kappa shape index (κ3) is 4.38. The highest BCUT2D eigenvalue weighted by atomic mass is 16.6. The zero-order valence-electron chi connectivity index (χ0n) is 11.4. The maximum absolute atomic E-state index is 11.9. The Labute approximate surface area is 122 Å². The number of amides is 1. The van der Waals surface area contributed by atoms with E-state index in [-0.39, 0.29) is 12.7 Å². The van der Waals surface area contributed by atoms with E-state index in [2.05, 4.69) is 4.98 Å². The summed E-state index contributed by atoms with van der Waals surface area (Å²) in [6.07, 6.45) is 0.604. The van der Waals surface area contributed by atoms with Crippen molar-refractivity contribution in [2.24, 2.45) is 0 Å². The molecule has 2 rings (SSSR count). The van der Waals surface area contributed by atoms with Crippen LogP contribution in [0.2, 0.25) is 0 Å². The van der Waals surface area contributed by atoms with Crippen LogP contribution in [0.1, 0.15) is 12.0 Å². The second-order valence-corrected chi connectivity index (χ2v) is 4.60. The molecule has 1 fully saturated rings. The summed E-state index contributed by atoms with van der Waals surface area (Å²) in [6.45, 7) is 1.02. The maximum atomic E-state index is 11.9. The fourth-order valence-electron chi connectivity index (χ4n) is 2.05. The molecule has 0 bridgehead atoms. The van der Waals surface area contributed by atoms with Crippen LogP contribution in [0, 0.1) is 5.39 Å². The second kappa shape index (κ2) is 7.14. The summed E-state index contributed by atoms with van der Waals surface area (Å²) in [7, 11) is 0. The molecule has 1 aliphatic heterocycles. The first kappa shape index (κ1) is 14.7. The predicted molar refractivity (Wildman–Crippen MR) is 73.5 cm³/mol. The van der Waals surface area contributed by atoms with Crippen LogP contribution < -0.4 is 0 Å². The van der Waals surface area contributed by atoms with E-state index in [1.54, 1.807) is 0 Å². The van der Waals surface area contributed by atoms with Crippen LogP contribution in [-0.4, -0.2) is 35.3 Å². The number of nitrogens with zero attached hydrogens (tertiary/aromatic N) is 3. The predicted octanol–water partition coefficient (Wildman–Crippen LogP) is 2.62. The molecule has 7 nitrogen and oxygen atoms in total. The lowest BCUT2D eigenvalue weighted by molar-refractivity contribution is 0.0350. The molecule has 1 N–H and O–H groups in total. The Kier molecular flexibility index (Phi) is 4.99. The number of aliphatic hydroxyl groups is 1. The van der Waals surface area contributed by atoms with E-state index >= 15 is 0 Å². The van der Waals surface area contributed by atoms with E-state index in [0.29, 0.717) is 19.5 Å². The molecule has 7 heteroatoms. The van der Waals surface area contributed by atoms with Gasteiger partial charge in [0.25, 0.3) is 0 Å². The standard InChI is InChI=1S/C14H15N3O4/c15-16-8-13(18)21-12-6-7-17(9-12)14(19)20-10-11-4-2-1-3-5-11/h1-5,8,12H,6-7,9-10H2/p+1/b13-8+/t12-/m0/s1. The fourth-order valence-corrected chi connectivity index (χ4v) is 2.05. The molecule has 1 amide bonds. The van der Waals surface area contributed by atoms with Gasteiger partial charge in [0.15, 0.2) is 4.98 Å². The molecule has 1 aliphatic rings. The van der Waals surface area contributed by atoms with Gasteiger partial charge in [0.2, 0.25) is 5.39 Å². The van der Waals surface area contributed by atoms with Gasteiger partial charge in [-0.3, -0.25) is 0 Å². The minimum atomic E-state index is -0.484. The number of aliphatic hydroxyl groups excluding tert-OH is 1. The topological polar surface area (TPSA) is 87.2 Å². The molecule has 1 saturated heterocycles. The van der Waals surface area contributed by atoms with Gasteiger partial charge in [0, 0.05) is 13.0 Å². The van der Waals surface area contributed by atoms with E-state index in [1.165, 1.54) is 4.90 Å². The molecule has 0 spiro atoms. The van der Waals surface area contributed by atoms with Crippen molar-refractivity contribution in [2.75, 3.05) is 13.1 Å². The number of ether oxygens (including phenoxy) is 2. The molecule has 1 aromatic carbocycles. The Hall–Kier alpha value is -2.75. The van der Waals surface area contributed by atoms with Gasteiger partial charge < -0.3 is 19.5 Å². The average molecular weight is 290 g/mol. The maximum Gasteiger partial charge on any atom is 0.429 e. The summed E-state index contributed by atoms with van der Waals surface area (Å²) in [5, 5.41) is 17.5. The van der Waals surface area contributed by atoms with Gasteiger partial charge in [0.1, 0.15) is 12.7 Å². The van der Waals surface area contributed by atoms with E-state index < -0.39 is 12.0 Å². The Bertz CT molecular complexity index is 553. The monoisotopic (exact) mass is 290 g/mol. The molecule has 0 radical (unpaired) electrons. The normalized spacial score (nSPS) is 18.1. The third-order valence-electron chi connectivity index (χ3n) is 3.06. The first-order valence-corrected chi connectivity index (χ1v) is 6.54. The molecule has 0 aliphatic carbocycles. The molecule has 0 unspecified atom stereocenters. The summed E-state index contributed by atoms with van der Waals surface area (Å²) in [6, 6.07) is 9.41. The Balaban J connectivity index is 1.77. The molecule has 1 aromatic rings. The van der Waals surface area contributed by atoms with Crippen LogP contribution in [-0.2, 0) is 16.1 Å². The summed E-state index contributed by atoms with van der Waals surface area (Å²) in [5.41, 5.74) is 0.919. The number of carbonyl (C=O) groups is 1. The van der Waals surface area contributed by atoms with Crippen LogP contribution in [0.5, 0.6) is 0 Å². The molecule has 1 heterocycles. The lowest BCUT2D eigenvalue weighted by atomic mass is 10.2. The molecule has 0 saturated carbocycles. The van der Waals surface area contributed by atoms with Crippen molar-refractivity contribution in [3.05, 3.63) is 53.0 Å². The van der Waals surface area contributed by atoms with Crippen LogP contribution in [0.15, 0.2) is 42.5 Å². The molecule has 21 heavy (non-hydrogen) atoms. The molecule has 1 atom stereocenters. The van der Waals surface area contributed by atoms with Crippen LogP contribution >= 0.6 is 0 Å². The number of hydrogen-bond donors (Lipinski definition) is 1. The largest absolute Gasteiger partial charge is 0.476 e. The number of hydrogen-bond acceptors (Lipinski definition) is 5. The van der Waals surface area contributed by atoms with Gasteiger partial charge in [-0.05, 0) is 5.56 Å². The van der Waals surface area contributed by atoms with Crippen LogP contribution in [0.4, 0.5) is 4.79 Å². The third-order valence-corrected chi connectivity index (χ3v) is 3.06. The van der Waals surface area contributed by atoms with Gasteiger partial charge >= 0.3 is 18.2 Å². The Morgan fingerprint density at radius 1 is 1.48 bits per heavy atom. The summed E-state index contributed by atoms with van der Waals surface area (Å²) < 4.78 is 10.3. The zero-order valence-corrected chi connectivity index (χ0v) is 11.4.